The van der Waals surface area contributed by atoms with Gasteiger partial charge in [0.15, 0.2) is 6.10 Å². The van der Waals surface area contributed by atoms with E-state index in [9.17, 15) is 9.59 Å². The number of nitrogens with zero attached hydrogens (tertiary/aromatic N) is 1. The Bertz CT molecular complexity index is 722. The van der Waals surface area contributed by atoms with Gasteiger partial charge in [0.2, 0.25) is 0 Å². The summed E-state index contributed by atoms with van der Waals surface area (Å²) in [4.78, 5) is 25.8. The highest BCUT2D eigenvalue weighted by Gasteiger charge is 2.18. The molecule has 2 amide bonds. The molecule has 2 rings (SSSR count). The van der Waals surface area contributed by atoms with Gasteiger partial charge in [-0.25, -0.2) is 0 Å². The third-order valence-corrected chi connectivity index (χ3v) is 3.77. The second-order valence-electron chi connectivity index (χ2n) is 6.09. The second-order valence-corrected chi connectivity index (χ2v) is 6.09. The van der Waals surface area contributed by atoms with Crippen LogP contribution in [0.4, 0.5) is 5.69 Å². The number of carbonyl (C=O) groups excluding carboxylic acids is 2. The molecule has 0 spiro atoms. The normalized spacial score (nSPS) is 11.5. The Morgan fingerprint density at radius 2 is 1.64 bits per heavy atom. The van der Waals surface area contributed by atoms with Crippen LogP contribution in [0, 0.1) is 6.92 Å². The summed E-state index contributed by atoms with van der Waals surface area (Å²) in [5.41, 5.74) is 2.34. The summed E-state index contributed by atoms with van der Waals surface area (Å²) in [6.07, 6.45) is -0.0255. The monoisotopic (exact) mass is 340 g/mol. The summed E-state index contributed by atoms with van der Waals surface area (Å²) >= 11 is 0. The Morgan fingerprint density at radius 1 is 1.04 bits per heavy atom. The van der Waals surface area contributed by atoms with Crippen LogP contribution in [-0.4, -0.2) is 36.9 Å². The lowest BCUT2D eigenvalue weighted by Gasteiger charge is -2.17. The SMILES string of the molecule is CCC(Oc1ccc(C)cc1)C(=O)Nc1ccc(C(=O)N(C)C)cc1. The molecule has 0 bridgehead atoms. The first kappa shape index (κ1) is 18.5. The molecule has 132 valence electrons. The van der Waals surface area contributed by atoms with Gasteiger partial charge >= 0.3 is 0 Å². The highest BCUT2D eigenvalue weighted by molar-refractivity contribution is 5.96. The van der Waals surface area contributed by atoms with Crippen LogP contribution in [0.2, 0.25) is 0 Å². The van der Waals surface area contributed by atoms with E-state index in [1.54, 1.807) is 38.4 Å². The third-order valence-electron chi connectivity index (χ3n) is 3.77. The van der Waals surface area contributed by atoms with Crippen molar-refractivity contribution in [1.29, 1.82) is 0 Å². The van der Waals surface area contributed by atoms with Gasteiger partial charge in [0, 0.05) is 25.3 Å². The lowest BCUT2D eigenvalue weighted by molar-refractivity contribution is -0.122. The van der Waals surface area contributed by atoms with Gasteiger partial charge in [-0.15, -0.1) is 0 Å². The Labute approximate surface area is 148 Å². The van der Waals surface area contributed by atoms with Crippen molar-refractivity contribution in [3.8, 4) is 5.75 Å². The molecule has 1 N–H and O–H groups in total. The molecule has 0 aliphatic heterocycles. The number of ether oxygens (including phenoxy) is 1. The Balaban J connectivity index is 2.01. The van der Waals surface area contributed by atoms with Crippen molar-refractivity contribution in [2.24, 2.45) is 0 Å². The number of anilines is 1. The molecule has 5 nitrogen and oxygen atoms in total. The van der Waals surface area contributed by atoms with Crippen LogP contribution in [0.1, 0.15) is 29.3 Å². The van der Waals surface area contributed by atoms with Crippen molar-refractivity contribution in [3.05, 3.63) is 59.7 Å². The van der Waals surface area contributed by atoms with Gasteiger partial charge in [0.05, 0.1) is 0 Å². The number of hydrogen-bond acceptors (Lipinski definition) is 3. The zero-order chi connectivity index (χ0) is 18.4. The molecule has 0 aliphatic rings. The minimum atomic E-state index is -0.578. The zero-order valence-corrected chi connectivity index (χ0v) is 15.1. The predicted octanol–water partition coefficient (Wildman–Crippen LogP) is 3.49. The summed E-state index contributed by atoms with van der Waals surface area (Å²) in [7, 11) is 3.40. The van der Waals surface area contributed by atoms with Gasteiger partial charge in [-0.1, -0.05) is 24.6 Å². The molecule has 25 heavy (non-hydrogen) atoms. The largest absolute Gasteiger partial charge is 0.481 e. The van der Waals surface area contributed by atoms with Crippen LogP contribution in [-0.2, 0) is 4.79 Å². The smallest absolute Gasteiger partial charge is 0.265 e. The van der Waals surface area contributed by atoms with Crippen LogP contribution >= 0.6 is 0 Å². The Morgan fingerprint density at radius 3 is 2.16 bits per heavy atom. The lowest BCUT2D eigenvalue weighted by atomic mass is 10.1. The summed E-state index contributed by atoms with van der Waals surface area (Å²) in [6.45, 7) is 3.90. The third kappa shape index (κ3) is 5.08. The molecule has 0 aromatic heterocycles. The quantitative estimate of drug-likeness (QED) is 0.876. The number of benzene rings is 2. The molecular weight excluding hydrogens is 316 g/mol. The fraction of sp³-hybridized carbons (Fsp3) is 0.300. The van der Waals surface area contributed by atoms with Crippen LogP contribution < -0.4 is 10.1 Å². The molecule has 0 heterocycles. The number of nitrogens with one attached hydrogen (secondary N) is 1. The van der Waals surface area contributed by atoms with Crippen LogP contribution in [0.25, 0.3) is 0 Å². The standard InChI is InChI=1S/C20H24N2O3/c1-5-18(25-17-12-6-14(2)7-13-17)19(23)21-16-10-8-15(9-11-16)20(24)22(3)4/h6-13,18H,5H2,1-4H3,(H,21,23). The fourth-order valence-corrected chi connectivity index (χ4v) is 2.28. The highest BCUT2D eigenvalue weighted by atomic mass is 16.5. The number of aryl methyl sites for hydroxylation is 1. The van der Waals surface area contributed by atoms with E-state index < -0.39 is 6.10 Å². The summed E-state index contributed by atoms with van der Waals surface area (Å²) in [5, 5.41) is 2.83. The second kappa shape index (κ2) is 8.33. The molecule has 1 atom stereocenters. The maximum absolute atomic E-state index is 12.4. The van der Waals surface area contributed by atoms with Crippen molar-refractivity contribution in [3.63, 3.8) is 0 Å². The van der Waals surface area contributed by atoms with Crippen LogP contribution in [0.5, 0.6) is 5.75 Å². The van der Waals surface area contributed by atoms with Gasteiger partial charge < -0.3 is 15.0 Å². The zero-order valence-electron chi connectivity index (χ0n) is 15.1. The average Bonchev–Trinajstić information content (AvgIpc) is 2.61. The summed E-state index contributed by atoms with van der Waals surface area (Å²) in [5.74, 6) is 0.376. The van der Waals surface area contributed by atoms with Gasteiger partial charge in [-0.05, 0) is 49.7 Å². The number of carbonyl (C=O) groups is 2. The van der Waals surface area contributed by atoms with E-state index in [1.165, 1.54) is 4.90 Å². The van der Waals surface area contributed by atoms with E-state index in [-0.39, 0.29) is 11.8 Å². The van der Waals surface area contributed by atoms with Crippen LogP contribution in [0.3, 0.4) is 0 Å². The molecule has 2 aromatic carbocycles. The molecule has 0 aliphatic carbocycles. The molecule has 5 heteroatoms. The van der Waals surface area contributed by atoms with E-state index in [2.05, 4.69) is 5.32 Å². The number of amides is 2. The van der Waals surface area contributed by atoms with Crippen LogP contribution in [0.15, 0.2) is 48.5 Å². The average molecular weight is 340 g/mol. The molecule has 0 radical (unpaired) electrons. The molecular formula is C20H24N2O3. The van der Waals surface area contributed by atoms with E-state index in [4.69, 9.17) is 4.74 Å². The Kier molecular flexibility index (Phi) is 6.17. The first-order valence-corrected chi connectivity index (χ1v) is 8.26. The number of rotatable bonds is 6. The maximum Gasteiger partial charge on any atom is 0.265 e. The molecule has 0 saturated carbocycles. The molecule has 2 aromatic rings. The van der Waals surface area contributed by atoms with Crippen molar-refractivity contribution in [2.45, 2.75) is 26.4 Å². The fourth-order valence-electron chi connectivity index (χ4n) is 2.28. The van der Waals surface area contributed by atoms with E-state index in [1.807, 2.05) is 38.1 Å². The maximum atomic E-state index is 12.4. The minimum absolute atomic E-state index is 0.0768. The minimum Gasteiger partial charge on any atom is -0.481 e. The Hall–Kier alpha value is -2.82. The van der Waals surface area contributed by atoms with Crippen molar-refractivity contribution in [1.82, 2.24) is 4.90 Å². The summed E-state index contributed by atoms with van der Waals surface area (Å²) < 4.78 is 5.77. The topological polar surface area (TPSA) is 58.6 Å². The van der Waals surface area contributed by atoms with E-state index in [0.29, 0.717) is 23.4 Å². The summed E-state index contributed by atoms with van der Waals surface area (Å²) in [6, 6.07) is 14.4. The van der Waals surface area contributed by atoms with Crippen molar-refractivity contribution < 1.29 is 14.3 Å². The first-order chi connectivity index (χ1) is 11.9. The lowest BCUT2D eigenvalue weighted by Crippen LogP contribution is -2.32. The van der Waals surface area contributed by atoms with E-state index >= 15 is 0 Å². The van der Waals surface area contributed by atoms with Crippen molar-refractivity contribution >= 4 is 17.5 Å². The number of hydrogen-bond donors (Lipinski definition) is 1. The molecule has 0 fully saturated rings. The van der Waals surface area contributed by atoms with Gasteiger partial charge in [0.1, 0.15) is 5.75 Å². The van der Waals surface area contributed by atoms with Crippen molar-refractivity contribution in [2.75, 3.05) is 19.4 Å². The van der Waals surface area contributed by atoms with Gasteiger partial charge in [-0.3, -0.25) is 9.59 Å². The predicted molar refractivity (Wildman–Crippen MR) is 99.0 cm³/mol. The first-order valence-electron chi connectivity index (χ1n) is 8.26. The highest BCUT2D eigenvalue weighted by Crippen LogP contribution is 2.16. The van der Waals surface area contributed by atoms with E-state index in [0.717, 1.165) is 5.56 Å². The molecule has 0 saturated heterocycles. The molecule has 1 unspecified atom stereocenters. The van der Waals surface area contributed by atoms with Gasteiger partial charge in [0.25, 0.3) is 11.8 Å². The van der Waals surface area contributed by atoms with Gasteiger partial charge in [-0.2, -0.15) is 0 Å².